The molecule has 8 nitrogen and oxygen atoms in total. The van der Waals surface area contributed by atoms with E-state index in [2.05, 4.69) is 20.3 Å². The molecule has 3 rings (SSSR count). The van der Waals surface area contributed by atoms with Crippen molar-refractivity contribution in [2.45, 2.75) is 20.0 Å². The third kappa shape index (κ3) is 4.30. The highest BCUT2D eigenvalue weighted by Gasteiger charge is 2.08. The number of hydrogen-bond donors (Lipinski definition) is 2. The first-order valence-electron chi connectivity index (χ1n) is 7.90. The number of carboxylic acids is 1. The number of fused-ring (bicyclic) bond motifs is 1. The predicted molar refractivity (Wildman–Crippen MR) is 93.4 cm³/mol. The van der Waals surface area contributed by atoms with Gasteiger partial charge in [0.25, 0.3) is 0 Å². The Morgan fingerprint density at radius 3 is 2.80 bits per heavy atom. The van der Waals surface area contributed by atoms with E-state index in [1.165, 1.54) is 10.5 Å². The second-order valence-corrected chi connectivity index (χ2v) is 5.95. The molecule has 25 heavy (non-hydrogen) atoms. The van der Waals surface area contributed by atoms with E-state index in [0.29, 0.717) is 19.0 Å². The molecule has 0 atom stereocenters. The quantitative estimate of drug-likeness (QED) is 0.668. The van der Waals surface area contributed by atoms with Crippen molar-refractivity contribution in [3.05, 3.63) is 53.7 Å². The molecule has 3 heterocycles. The van der Waals surface area contributed by atoms with Crippen LogP contribution >= 0.6 is 0 Å². The van der Waals surface area contributed by atoms with Crippen molar-refractivity contribution in [3.8, 4) is 0 Å². The molecule has 0 aliphatic heterocycles. The summed E-state index contributed by atoms with van der Waals surface area (Å²) in [6.07, 6.45) is 7.39. The molecule has 0 bridgehead atoms. The summed E-state index contributed by atoms with van der Waals surface area (Å²) in [6.45, 7) is 3.16. The first-order chi connectivity index (χ1) is 12.0. The zero-order valence-corrected chi connectivity index (χ0v) is 14.2. The van der Waals surface area contributed by atoms with E-state index >= 15 is 0 Å². The van der Waals surface area contributed by atoms with E-state index in [4.69, 9.17) is 5.11 Å². The predicted octanol–water partition coefficient (Wildman–Crippen LogP) is 1.24. The zero-order valence-electron chi connectivity index (χ0n) is 14.2. The maximum atomic E-state index is 10.7. The van der Waals surface area contributed by atoms with Crippen LogP contribution in [0.3, 0.4) is 0 Å². The minimum Gasteiger partial charge on any atom is -0.480 e. The van der Waals surface area contributed by atoms with Gasteiger partial charge >= 0.3 is 5.97 Å². The Morgan fingerprint density at radius 1 is 1.32 bits per heavy atom. The maximum Gasteiger partial charge on any atom is 0.323 e. The Kier molecular flexibility index (Phi) is 4.90. The molecular weight excluding hydrogens is 320 g/mol. The van der Waals surface area contributed by atoms with Crippen molar-refractivity contribution in [3.63, 3.8) is 0 Å². The van der Waals surface area contributed by atoms with E-state index in [1.54, 1.807) is 19.4 Å². The Hall–Kier alpha value is -3.00. The van der Waals surface area contributed by atoms with Gasteiger partial charge in [-0.05, 0) is 24.6 Å². The number of pyridine rings is 1. The number of imidazole rings is 1. The van der Waals surface area contributed by atoms with Crippen LogP contribution in [0.1, 0.15) is 16.8 Å². The van der Waals surface area contributed by atoms with Gasteiger partial charge in [-0.25, -0.2) is 15.0 Å². The van der Waals surface area contributed by atoms with Crippen LogP contribution < -0.4 is 10.2 Å². The van der Waals surface area contributed by atoms with Crippen molar-refractivity contribution in [1.29, 1.82) is 0 Å². The number of aromatic nitrogens is 4. The molecule has 0 radical (unpaired) electrons. The van der Waals surface area contributed by atoms with Crippen LogP contribution in [0.5, 0.6) is 0 Å². The number of nitrogens with zero attached hydrogens (tertiary/aromatic N) is 5. The number of rotatable bonds is 7. The molecule has 3 aromatic heterocycles. The molecule has 0 unspecified atom stereocenters. The maximum absolute atomic E-state index is 10.7. The van der Waals surface area contributed by atoms with Gasteiger partial charge in [0.15, 0.2) is 0 Å². The van der Waals surface area contributed by atoms with Crippen molar-refractivity contribution >= 4 is 17.6 Å². The van der Waals surface area contributed by atoms with E-state index in [-0.39, 0.29) is 6.54 Å². The number of carbonyl (C=O) groups is 1. The fraction of sp³-hybridized carbons (Fsp3) is 0.294. The Balaban J connectivity index is 1.55. The van der Waals surface area contributed by atoms with Crippen molar-refractivity contribution < 1.29 is 9.90 Å². The molecule has 0 aliphatic carbocycles. The Bertz CT molecular complexity index is 874. The Labute approximate surface area is 145 Å². The topological polar surface area (TPSA) is 95.7 Å². The van der Waals surface area contributed by atoms with E-state index in [0.717, 1.165) is 16.9 Å². The molecule has 8 heteroatoms. The number of anilines is 1. The molecule has 0 saturated heterocycles. The lowest BCUT2D eigenvalue weighted by atomic mass is 10.3. The molecule has 3 aromatic rings. The highest BCUT2D eigenvalue weighted by molar-refractivity contribution is 5.72. The summed E-state index contributed by atoms with van der Waals surface area (Å²) in [7, 11) is 1.65. The van der Waals surface area contributed by atoms with Crippen molar-refractivity contribution in [2.24, 2.45) is 0 Å². The second-order valence-electron chi connectivity index (χ2n) is 5.95. The van der Waals surface area contributed by atoms with E-state index < -0.39 is 5.97 Å². The second kappa shape index (κ2) is 7.27. The molecule has 0 saturated carbocycles. The van der Waals surface area contributed by atoms with Crippen LogP contribution in [-0.2, 0) is 17.9 Å². The normalized spacial score (nSPS) is 11.0. The van der Waals surface area contributed by atoms with Gasteiger partial charge in [0.2, 0.25) is 5.95 Å². The molecular formula is C17H20N6O2. The van der Waals surface area contributed by atoms with Crippen molar-refractivity contribution in [2.75, 3.05) is 18.5 Å². The highest BCUT2D eigenvalue weighted by atomic mass is 16.4. The monoisotopic (exact) mass is 340 g/mol. The van der Waals surface area contributed by atoms with E-state index in [9.17, 15) is 4.79 Å². The van der Waals surface area contributed by atoms with Crippen molar-refractivity contribution in [1.82, 2.24) is 24.7 Å². The summed E-state index contributed by atoms with van der Waals surface area (Å²) in [5, 5.41) is 12.1. The van der Waals surface area contributed by atoms with Crippen LogP contribution in [0.25, 0.3) is 5.65 Å². The minimum absolute atomic E-state index is 0.134. The van der Waals surface area contributed by atoms with Gasteiger partial charge in [-0.1, -0.05) is 0 Å². The lowest BCUT2D eigenvalue weighted by Crippen LogP contribution is -2.26. The molecule has 0 aliphatic rings. The number of likely N-dealkylation sites (N-methyl/N-ethyl adjacent to an activating group) is 1. The Morgan fingerprint density at radius 2 is 2.08 bits per heavy atom. The first kappa shape index (κ1) is 16.8. The van der Waals surface area contributed by atoms with Gasteiger partial charge in [0.1, 0.15) is 12.2 Å². The summed E-state index contributed by atoms with van der Waals surface area (Å²) in [5.41, 5.74) is 4.00. The molecule has 2 N–H and O–H groups in total. The zero-order chi connectivity index (χ0) is 17.8. The summed E-state index contributed by atoms with van der Waals surface area (Å²) < 4.78 is 2.00. The molecule has 0 fully saturated rings. The average Bonchev–Trinajstić information content (AvgIpc) is 2.96. The van der Waals surface area contributed by atoms with Gasteiger partial charge < -0.3 is 19.7 Å². The first-order valence-corrected chi connectivity index (χ1v) is 7.90. The molecule has 0 amide bonds. The highest BCUT2D eigenvalue weighted by Crippen LogP contribution is 2.08. The van der Waals surface area contributed by atoms with Crippen LogP contribution in [-0.4, -0.2) is 44.0 Å². The number of carboxylic acid groups (broad SMARTS) is 1. The fourth-order valence-electron chi connectivity index (χ4n) is 2.47. The third-order valence-corrected chi connectivity index (χ3v) is 3.71. The van der Waals surface area contributed by atoms with Crippen LogP contribution in [0.2, 0.25) is 0 Å². The number of hydrogen-bond acceptors (Lipinski definition) is 6. The van der Waals surface area contributed by atoms with Gasteiger partial charge in [0.05, 0.1) is 5.69 Å². The molecule has 0 spiro atoms. The van der Waals surface area contributed by atoms with Gasteiger partial charge in [0, 0.05) is 50.5 Å². The van der Waals surface area contributed by atoms with Crippen LogP contribution in [0, 0.1) is 6.92 Å². The van der Waals surface area contributed by atoms with Gasteiger partial charge in [-0.2, -0.15) is 0 Å². The SMILES string of the molecule is Cc1ccn2cc(CNCc3cnc(N(C)CC(=O)O)nc3)nc2c1. The van der Waals surface area contributed by atoms with E-state index in [1.807, 2.05) is 35.9 Å². The smallest absolute Gasteiger partial charge is 0.323 e. The summed E-state index contributed by atoms with van der Waals surface area (Å²) in [6, 6.07) is 4.09. The standard InChI is InChI=1S/C17H20N6O2/c1-12-3-4-23-10-14(21-15(23)5-12)9-18-6-13-7-19-17(20-8-13)22(2)11-16(24)25/h3-5,7-8,10,18H,6,9,11H2,1-2H3,(H,24,25). The summed E-state index contributed by atoms with van der Waals surface area (Å²) in [5.74, 6) is -0.527. The molecule has 130 valence electrons. The third-order valence-electron chi connectivity index (χ3n) is 3.71. The largest absolute Gasteiger partial charge is 0.480 e. The van der Waals surface area contributed by atoms with Gasteiger partial charge in [-0.3, -0.25) is 4.79 Å². The average molecular weight is 340 g/mol. The lowest BCUT2D eigenvalue weighted by molar-refractivity contribution is -0.135. The minimum atomic E-state index is -0.917. The molecule has 0 aromatic carbocycles. The van der Waals surface area contributed by atoms with Crippen LogP contribution in [0.15, 0.2) is 36.9 Å². The summed E-state index contributed by atoms with van der Waals surface area (Å²) in [4.78, 5) is 25.1. The number of nitrogens with one attached hydrogen (secondary N) is 1. The number of aryl methyl sites for hydroxylation is 1. The number of aliphatic carboxylic acids is 1. The lowest BCUT2D eigenvalue weighted by Gasteiger charge is -2.14. The summed E-state index contributed by atoms with van der Waals surface area (Å²) >= 11 is 0. The van der Waals surface area contributed by atoms with Crippen LogP contribution in [0.4, 0.5) is 5.95 Å². The fourth-order valence-corrected chi connectivity index (χ4v) is 2.47. The van der Waals surface area contributed by atoms with Gasteiger partial charge in [-0.15, -0.1) is 0 Å².